The number of anilines is 1. The Morgan fingerprint density at radius 1 is 1.28 bits per heavy atom. The fourth-order valence-electron chi connectivity index (χ4n) is 1.37. The van der Waals surface area contributed by atoms with Crippen LogP contribution in [0.4, 0.5) is 5.69 Å². The second kappa shape index (κ2) is 5.21. The van der Waals surface area contributed by atoms with Crippen LogP contribution in [-0.2, 0) is 4.79 Å². The average Bonchev–Trinajstić information content (AvgIpc) is 2.27. The summed E-state index contributed by atoms with van der Waals surface area (Å²) in [6, 6.07) is 6.24. The largest absolute Gasteiger partial charge is 0.478 e. The molecule has 2 N–H and O–H groups in total. The normalized spacial score (nSPS) is 12.9. The Balaban J connectivity index is 2.82. The molecule has 1 aromatic rings. The van der Waals surface area contributed by atoms with Crippen LogP contribution < -0.4 is 5.32 Å². The van der Waals surface area contributed by atoms with Crippen molar-refractivity contribution in [1.82, 2.24) is 0 Å². The number of hydrogen-bond donors (Lipinski definition) is 2. The Morgan fingerprint density at radius 3 is 2.39 bits per heavy atom. The van der Waals surface area contributed by atoms with Crippen LogP contribution in [0.1, 0.15) is 38.1 Å². The molecule has 1 atom stereocenters. The van der Waals surface area contributed by atoms with Crippen molar-refractivity contribution >= 4 is 17.6 Å². The SMILES string of the molecule is CC(C(=O)Nc1cccc(C(=O)O)c1)C(C)(C)C. The summed E-state index contributed by atoms with van der Waals surface area (Å²) in [7, 11) is 0. The number of benzene rings is 1. The van der Waals surface area contributed by atoms with Gasteiger partial charge in [-0.3, -0.25) is 4.79 Å². The van der Waals surface area contributed by atoms with E-state index in [2.05, 4.69) is 5.32 Å². The van der Waals surface area contributed by atoms with Gasteiger partial charge in [0.25, 0.3) is 0 Å². The predicted molar refractivity (Wildman–Crippen MR) is 70.7 cm³/mol. The van der Waals surface area contributed by atoms with Crippen LogP contribution in [0, 0.1) is 11.3 Å². The first-order chi connectivity index (χ1) is 8.21. The maximum Gasteiger partial charge on any atom is 0.335 e. The molecule has 0 radical (unpaired) electrons. The van der Waals surface area contributed by atoms with Crippen molar-refractivity contribution in [1.29, 1.82) is 0 Å². The van der Waals surface area contributed by atoms with Crippen molar-refractivity contribution in [3.63, 3.8) is 0 Å². The maximum absolute atomic E-state index is 12.0. The first-order valence-electron chi connectivity index (χ1n) is 5.86. The summed E-state index contributed by atoms with van der Waals surface area (Å²) in [5, 5.41) is 11.6. The summed E-state index contributed by atoms with van der Waals surface area (Å²) < 4.78 is 0. The first-order valence-corrected chi connectivity index (χ1v) is 5.86. The van der Waals surface area contributed by atoms with Crippen molar-refractivity contribution < 1.29 is 14.7 Å². The Kier molecular flexibility index (Phi) is 4.11. The van der Waals surface area contributed by atoms with Gasteiger partial charge in [-0.15, -0.1) is 0 Å². The summed E-state index contributed by atoms with van der Waals surface area (Å²) in [6.07, 6.45) is 0. The van der Waals surface area contributed by atoms with Gasteiger partial charge in [-0.2, -0.15) is 0 Å². The van der Waals surface area contributed by atoms with E-state index in [1.165, 1.54) is 12.1 Å². The van der Waals surface area contributed by atoms with Crippen LogP contribution in [0.25, 0.3) is 0 Å². The van der Waals surface area contributed by atoms with Crippen molar-refractivity contribution in [2.75, 3.05) is 5.32 Å². The minimum Gasteiger partial charge on any atom is -0.478 e. The van der Waals surface area contributed by atoms with E-state index in [4.69, 9.17) is 5.11 Å². The van der Waals surface area contributed by atoms with E-state index in [1.54, 1.807) is 12.1 Å². The average molecular weight is 249 g/mol. The second-order valence-electron chi connectivity index (χ2n) is 5.46. The number of carboxylic acids is 1. The molecule has 0 heterocycles. The van der Waals surface area contributed by atoms with Crippen LogP contribution in [0.2, 0.25) is 0 Å². The van der Waals surface area contributed by atoms with Crippen molar-refractivity contribution in [2.45, 2.75) is 27.7 Å². The zero-order valence-corrected chi connectivity index (χ0v) is 11.2. The first kappa shape index (κ1) is 14.2. The van der Waals surface area contributed by atoms with E-state index in [0.717, 1.165) is 0 Å². The molecule has 0 spiro atoms. The van der Waals surface area contributed by atoms with E-state index in [0.29, 0.717) is 5.69 Å². The molecule has 98 valence electrons. The molecular formula is C14H19NO3. The highest BCUT2D eigenvalue weighted by atomic mass is 16.4. The molecule has 0 bridgehead atoms. The van der Waals surface area contributed by atoms with E-state index in [1.807, 2.05) is 27.7 Å². The minimum absolute atomic E-state index is 0.106. The Hall–Kier alpha value is -1.84. The number of aromatic carboxylic acids is 1. The molecule has 0 saturated carbocycles. The molecule has 0 fully saturated rings. The van der Waals surface area contributed by atoms with Crippen molar-refractivity contribution in [2.24, 2.45) is 11.3 Å². The summed E-state index contributed by atoms with van der Waals surface area (Å²) in [5.74, 6) is -1.27. The molecule has 0 aliphatic heterocycles. The van der Waals surface area contributed by atoms with Gasteiger partial charge in [-0.05, 0) is 23.6 Å². The molecule has 0 aliphatic carbocycles. The highest BCUT2D eigenvalue weighted by Crippen LogP contribution is 2.26. The fourth-order valence-corrected chi connectivity index (χ4v) is 1.37. The number of rotatable bonds is 3. The highest BCUT2D eigenvalue weighted by Gasteiger charge is 2.26. The standard InChI is InChI=1S/C14H19NO3/c1-9(14(2,3)4)12(16)15-11-7-5-6-10(8-11)13(17)18/h5-9H,1-4H3,(H,15,16)(H,17,18). The lowest BCUT2D eigenvalue weighted by Crippen LogP contribution is -2.30. The monoisotopic (exact) mass is 249 g/mol. The maximum atomic E-state index is 12.0. The van der Waals surface area contributed by atoms with Gasteiger partial charge < -0.3 is 10.4 Å². The quantitative estimate of drug-likeness (QED) is 0.865. The van der Waals surface area contributed by atoms with Gasteiger partial charge in [0, 0.05) is 11.6 Å². The molecule has 1 unspecified atom stereocenters. The number of carbonyl (C=O) groups is 2. The number of hydrogen-bond acceptors (Lipinski definition) is 2. The highest BCUT2D eigenvalue weighted by molar-refractivity contribution is 5.95. The molecule has 0 aromatic heterocycles. The van der Waals surface area contributed by atoms with E-state index in [9.17, 15) is 9.59 Å². The zero-order chi connectivity index (χ0) is 13.9. The molecule has 4 heteroatoms. The van der Waals surface area contributed by atoms with Gasteiger partial charge in [0.2, 0.25) is 5.91 Å². The van der Waals surface area contributed by atoms with Gasteiger partial charge in [-0.1, -0.05) is 33.8 Å². The summed E-state index contributed by atoms with van der Waals surface area (Å²) in [6.45, 7) is 7.83. The Labute approximate surface area is 107 Å². The summed E-state index contributed by atoms with van der Waals surface area (Å²) in [5.41, 5.74) is 0.543. The lowest BCUT2D eigenvalue weighted by molar-refractivity contribution is -0.122. The smallest absolute Gasteiger partial charge is 0.335 e. The third kappa shape index (κ3) is 3.58. The topological polar surface area (TPSA) is 66.4 Å². The third-order valence-corrected chi connectivity index (χ3v) is 3.07. The number of nitrogens with one attached hydrogen (secondary N) is 1. The van der Waals surface area contributed by atoms with Gasteiger partial charge in [-0.25, -0.2) is 4.79 Å². The van der Waals surface area contributed by atoms with Gasteiger partial charge in [0.05, 0.1) is 5.56 Å². The van der Waals surface area contributed by atoms with E-state index < -0.39 is 5.97 Å². The molecule has 1 aromatic carbocycles. The molecule has 0 saturated heterocycles. The van der Waals surface area contributed by atoms with Gasteiger partial charge in [0.1, 0.15) is 0 Å². The number of carbonyl (C=O) groups excluding carboxylic acids is 1. The Morgan fingerprint density at radius 2 is 1.89 bits per heavy atom. The molecular weight excluding hydrogens is 230 g/mol. The van der Waals surface area contributed by atoms with Crippen LogP contribution in [0.15, 0.2) is 24.3 Å². The van der Waals surface area contributed by atoms with Crippen LogP contribution in [-0.4, -0.2) is 17.0 Å². The summed E-state index contributed by atoms with van der Waals surface area (Å²) >= 11 is 0. The molecule has 1 amide bonds. The molecule has 4 nitrogen and oxygen atoms in total. The molecule has 18 heavy (non-hydrogen) atoms. The van der Waals surface area contributed by atoms with Crippen molar-refractivity contribution in [3.05, 3.63) is 29.8 Å². The van der Waals surface area contributed by atoms with Gasteiger partial charge >= 0.3 is 5.97 Å². The second-order valence-corrected chi connectivity index (χ2v) is 5.46. The summed E-state index contributed by atoms with van der Waals surface area (Å²) in [4.78, 5) is 22.8. The Bertz CT molecular complexity index is 460. The van der Waals surface area contributed by atoms with Gasteiger partial charge in [0.15, 0.2) is 0 Å². The zero-order valence-electron chi connectivity index (χ0n) is 11.2. The lowest BCUT2D eigenvalue weighted by atomic mass is 9.81. The van der Waals surface area contributed by atoms with E-state index in [-0.39, 0.29) is 22.8 Å². The number of amides is 1. The minimum atomic E-state index is -1.00. The lowest BCUT2D eigenvalue weighted by Gasteiger charge is -2.26. The van der Waals surface area contributed by atoms with Crippen LogP contribution in [0.3, 0.4) is 0 Å². The molecule has 1 rings (SSSR count). The molecule has 0 aliphatic rings. The predicted octanol–water partition coefficient (Wildman–Crippen LogP) is 3.01. The van der Waals surface area contributed by atoms with E-state index >= 15 is 0 Å². The fraction of sp³-hybridized carbons (Fsp3) is 0.429. The number of carboxylic acid groups (broad SMARTS) is 1. The van der Waals surface area contributed by atoms with Crippen LogP contribution >= 0.6 is 0 Å². The van der Waals surface area contributed by atoms with Crippen molar-refractivity contribution in [3.8, 4) is 0 Å². The van der Waals surface area contributed by atoms with Crippen LogP contribution in [0.5, 0.6) is 0 Å². The third-order valence-electron chi connectivity index (χ3n) is 3.07.